The van der Waals surface area contributed by atoms with Crippen LogP contribution in [-0.2, 0) is 20.7 Å². The summed E-state index contributed by atoms with van der Waals surface area (Å²) in [6.45, 7) is 7.47. The maximum Gasteiger partial charge on any atom is 0.310 e. The van der Waals surface area contributed by atoms with Crippen molar-refractivity contribution in [2.45, 2.75) is 52.5 Å². The Bertz CT molecular complexity index is 670. The normalized spacial score (nSPS) is 27.2. The van der Waals surface area contributed by atoms with Gasteiger partial charge >= 0.3 is 5.97 Å². The fourth-order valence-corrected chi connectivity index (χ4v) is 5.06. The van der Waals surface area contributed by atoms with E-state index in [1.165, 1.54) is 0 Å². The van der Waals surface area contributed by atoms with Gasteiger partial charge in [0.05, 0.1) is 6.42 Å². The first-order valence-corrected chi connectivity index (χ1v) is 9.65. The number of carbonyl (C=O) groups is 2. The molecule has 0 radical (unpaired) electrons. The molecule has 1 aliphatic carbocycles. The lowest BCUT2D eigenvalue weighted by atomic mass is 9.65. The molecule has 0 aromatic heterocycles. The third-order valence-corrected chi connectivity index (χ3v) is 5.88. The lowest BCUT2D eigenvalue weighted by Crippen LogP contribution is -2.39. The van der Waals surface area contributed by atoms with Gasteiger partial charge in [-0.1, -0.05) is 48.8 Å². The second-order valence-electron chi connectivity index (χ2n) is 8.70. The zero-order valence-corrected chi connectivity index (χ0v) is 16.8. The third-order valence-electron chi connectivity index (χ3n) is 5.35. The molecule has 5 heteroatoms. The zero-order chi connectivity index (χ0) is 18.2. The maximum absolute atomic E-state index is 12.6. The number of carbonyl (C=O) groups excluding carboxylic acids is 2. The number of ether oxygens (including phenoxy) is 1. The molecule has 2 bridgehead atoms. The van der Waals surface area contributed by atoms with Crippen LogP contribution in [0.5, 0.6) is 0 Å². The van der Waals surface area contributed by atoms with Crippen LogP contribution in [0.25, 0.3) is 0 Å². The average Bonchev–Trinajstić information content (AvgIpc) is 2.76. The van der Waals surface area contributed by atoms with Crippen LogP contribution in [0.3, 0.4) is 0 Å². The summed E-state index contributed by atoms with van der Waals surface area (Å²) in [6, 6.07) is 7.81. The number of fused-ring (bicyclic) bond motifs is 2. The van der Waals surface area contributed by atoms with E-state index in [1.807, 2.05) is 29.2 Å². The van der Waals surface area contributed by atoms with E-state index in [2.05, 4.69) is 36.7 Å². The van der Waals surface area contributed by atoms with Gasteiger partial charge in [0, 0.05) is 17.1 Å². The van der Waals surface area contributed by atoms with E-state index in [0.717, 1.165) is 35.8 Å². The lowest BCUT2D eigenvalue weighted by molar-refractivity contribution is -0.152. The Morgan fingerprint density at radius 1 is 1.20 bits per heavy atom. The molecule has 3 rings (SSSR count). The first kappa shape index (κ1) is 18.4. The van der Waals surface area contributed by atoms with Crippen LogP contribution in [-0.4, -0.2) is 36.0 Å². The van der Waals surface area contributed by atoms with Gasteiger partial charge in [0.25, 0.3) is 5.91 Å². The average molecular weight is 408 g/mol. The van der Waals surface area contributed by atoms with Gasteiger partial charge in [-0.25, -0.2) is 0 Å². The smallest absolute Gasteiger partial charge is 0.310 e. The Morgan fingerprint density at radius 2 is 1.88 bits per heavy atom. The SMILES string of the molecule is CC1(C)C[C@H]2C[C@](C)(CN2C(=O)COC(=O)Cc2ccc(Br)cc2)C1. The summed E-state index contributed by atoms with van der Waals surface area (Å²) in [4.78, 5) is 26.5. The van der Waals surface area contributed by atoms with E-state index in [4.69, 9.17) is 4.74 Å². The number of rotatable bonds is 4. The number of hydrogen-bond acceptors (Lipinski definition) is 3. The predicted molar refractivity (Wildman–Crippen MR) is 100 cm³/mol. The highest BCUT2D eigenvalue weighted by molar-refractivity contribution is 9.10. The Labute approximate surface area is 158 Å². The summed E-state index contributed by atoms with van der Waals surface area (Å²) in [5, 5.41) is 0. The van der Waals surface area contributed by atoms with E-state index in [1.54, 1.807) is 0 Å². The van der Waals surface area contributed by atoms with E-state index in [-0.39, 0.29) is 41.8 Å². The van der Waals surface area contributed by atoms with Crippen molar-refractivity contribution in [1.82, 2.24) is 4.90 Å². The zero-order valence-electron chi connectivity index (χ0n) is 15.2. The summed E-state index contributed by atoms with van der Waals surface area (Å²) in [6.07, 6.45) is 3.43. The molecule has 1 heterocycles. The molecule has 0 spiro atoms. The van der Waals surface area contributed by atoms with Gasteiger partial charge in [0.15, 0.2) is 6.61 Å². The molecule has 0 N–H and O–H groups in total. The van der Waals surface area contributed by atoms with Crippen molar-refractivity contribution < 1.29 is 14.3 Å². The van der Waals surface area contributed by atoms with Gasteiger partial charge in [-0.2, -0.15) is 0 Å². The molecule has 1 aromatic rings. The van der Waals surface area contributed by atoms with E-state index >= 15 is 0 Å². The van der Waals surface area contributed by atoms with Gasteiger partial charge in [0.1, 0.15) is 0 Å². The third kappa shape index (κ3) is 4.43. The monoisotopic (exact) mass is 407 g/mol. The van der Waals surface area contributed by atoms with Crippen LogP contribution >= 0.6 is 15.9 Å². The fraction of sp³-hybridized carbons (Fsp3) is 0.600. The van der Waals surface area contributed by atoms with Crippen LogP contribution in [0.4, 0.5) is 0 Å². The standard InChI is InChI=1S/C20H26BrNO3/c1-19(2)9-16-10-20(3,12-19)13-22(16)17(23)11-25-18(24)8-14-4-6-15(21)7-5-14/h4-7,16H,8-13H2,1-3H3/t16-,20-/m0/s1. The highest BCUT2D eigenvalue weighted by atomic mass is 79.9. The lowest BCUT2D eigenvalue weighted by Gasteiger charge is -2.39. The molecule has 25 heavy (non-hydrogen) atoms. The van der Waals surface area contributed by atoms with Gasteiger partial charge in [-0.3, -0.25) is 9.59 Å². The van der Waals surface area contributed by atoms with Crippen molar-refractivity contribution in [3.05, 3.63) is 34.3 Å². The minimum atomic E-state index is -0.357. The molecule has 1 aliphatic heterocycles. The quantitative estimate of drug-likeness (QED) is 0.709. The Kier molecular flexibility index (Phi) is 4.97. The molecule has 0 unspecified atom stereocenters. The topological polar surface area (TPSA) is 46.6 Å². The Morgan fingerprint density at radius 3 is 2.56 bits per heavy atom. The van der Waals surface area contributed by atoms with Crippen LogP contribution < -0.4 is 0 Å². The summed E-state index contributed by atoms with van der Waals surface area (Å²) >= 11 is 3.37. The minimum Gasteiger partial charge on any atom is -0.455 e. The maximum atomic E-state index is 12.6. The van der Waals surface area contributed by atoms with Crippen LogP contribution in [0.1, 0.15) is 45.6 Å². The van der Waals surface area contributed by atoms with Crippen LogP contribution in [0.2, 0.25) is 0 Å². The molecule has 1 saturated carbocycles. The number of esters is 1. The molecular formula is C20H26BrNO3. The van der Waals surface area contributed by atoms with Crippen molar-refractivity contribution in [1.29, 1.82) is 0 Å². The summed E-state index contributed by atoms with van der Waals surface area (Å²) in [5.41, 5.74) is 1.35. The van der Waals surface area contributed by atoms with Crippen molar-refractivity contribution >= 4 is 27.8 Å². The number of benzene rings is 1. The molecular weight excluding hydrogens is 382 g/mol. The van der Waals surface area contributed by atoms with Crippen LogP contribution in [0.15, 0.2) is 28.7 Å². The van der Waals surface area contributed by atoms with Crippen molar-refractivity contribution in [3.8, 4) is 0 Å². The van der Waals surface area contributed by atoms with Gasteiger partial charge in [-0.15, -0.1) is 0 Å². The van der Waals surface area contributed by atoms with Crippen molar-refractivity contribution in [3.63, 3.8) is 0 Å². The highest BCUT2D eigenvalue weighted by Crippen LogP contribution is 2.52. The van der Waals surface area contributed by atoms with Gasteiger partial charge in [0.2, 0.25) is 0 Å². The second-order valence-corrected chi connectivity index (χ2v) is 9.61. The molecule has 136 valence electrons. The highest BCUT2D eigenvalue weighted by Gasteiger charge is 2.50. The second kappa shape index (κ2) is 6.75. The van der Waals surface area contributed by atoms with E-state index < -0.39 is 0 Å². The van der Waals surface area contributed by atoms with Gasteiger partial charge in [-0.05, 0) is 47.8 Å². The number of hydrogen-bond donors (Lipinski definition) is 0. The Hall–Kier alpha value is -1.36. The first-order chi connectivity index (χ1) is 11.7. The fourth-order valence-electron chi connectivity index (χ4n) is 4.80. The first-order valence-electron chi connectivity index (χ1n) is 8.85. The largest absolute Gasteiger partial charge is 0.455 e. The predicted octanol–water partition coefficient (Wildman–Crippen LogP) is 3.96. The summed E-state index contributed by atoms with van der Waals surface area (Å²) in [7, 11) is 0. The molecule has 2 atom stereocenters. The molecule has 1 amide bonds. The molecule has 2 aliphatic rings. The summed E-state index contributed by atoms with van der Waals surface area (Å²) < 4.78 is 6.21. The molecule has 2 fully saturated rings. The Balaban J connectivity index is 1.53. The number of amides is 1. The molecule has 4 nitrogen and oxygen atoms in total. The van der Waals surface area contributed by atoms with E-state index in [0.29, 0.717) is 0 Å². The van der Waals surface area contributed by atoms with E-state index in [9.17, 15) is 9.59 Å². The van der Waals surface area contributed by atoms with Gasteiger partial charge < -0.3 is 9.64 Å². The minimum absolute atomic E-state index is 0.0596. The summed E-state index contributed by atoms with van der Waals surface area (Å²) in [5.74, 6) is -0.417. The number of likely N-dealkylation sites (tertiary alicyclic amines) is 1. The molecule has 1 aromatic carbocycles. The van der Waals surface area contributed by atoms with Crippen molar-refractivity contribution in [2.75, 3.05) is 13.2 Å². The van der Waals surface area contributed by atoms with Crippen molar-refractivity contribution in [2.24, 2.45) is 10.8 Å². The number of nitrogens with zero attached hydrogens (tertiary/aromatic N) is 1. The van der Waals surface area contributed by atoms with Crippen LogP contribution in [0, 0.1) is 10.8 Å². The molecule has 1 saturated heterocycles. The number of halogens is 1.